The molecule has 26 heavy (non-hydrogen) atoms. The van der Waals surface area contributed by atoms with Gasteiger partial charge in [-0.3, -0.25) is 9.78 Å². The summed E-state index contributed by atoms with van der Waals surface area (Å²) in [6, 6.07) is 13.8. The van der Waals surface area contributed by atoms with Crippen molar-refractivity contribution in [3.05, 3.63) is 70.8 Å². The van der Waals surface area contributed by atoms with Crippen LogP contribution in [0.5, 0.6) is 0 Å². The summed E-state index contributed by atoms with van der Waals surface area (Å²) >= 11 is 0. The fourth-order valence-electron chi connectivity index (χ4n) is 3.06. The predicted octanol–water partition coefficient (Wildman–Crippen LogP) is 3.04. The van der Waals surface area contributed by atoms with Crippen molar-refractivity contribution in [3.63, 3.8) is 0 Å². The van der Waals surface area contributed by atoms with Crippen molar-refractivity contribution in [1.29, 1.82) is 0 Å². The van der Waals surface area contributed by atoms with E-state index in [4.69, 9.17) is 0 Å². The van der Waals surface area contributed by atoms with Crippen LogP contribution in [0.4, 0.5) is 0 Å². The van der Waals surface area contributed by atoms with Gasteiger partial charge in [0.1, 0.15) is 0 Å². The van der Waals surface area contributed by atoms with Gasteiger partial charge in [0.15, 0.2) is 0 Å². The Morgan fingerprint density at radius 1 is 1.04 bits per heavy atom. The Morgan fingerprint density at radius 3 is 2.62 bits per heavy atom. The standard InChI is InChI=1S/C20H19N5O/c1-25(2)12-13-3-4-15-10-19(22-17(15)9-13)16-11-18(23-24-20(16)26)14-5-7-21-8-6-14/h3-11,22H,12H2,1-2H3,(H,24,26). The summed E-state index contributed by atoms with van der Waals surface area (Å²) in [5.74, 6) is 0. The Hall–Kier alpha value is -3.25. The smallest absolute Gasteiger partial charge is 0.273 e. The highest BCUT2D eigenvalue weighted by atomic mass is 16.1. The van der Waals surface area contributed by atoms with Gasteiger partial charge in [-0.05, 0) is 50.0 Å². The first-order valence-electron chi connectivity index (χ1n) is 8.37. The molecule has 0 unspecified atom stereocenters. The van der Waals surface area contributed by atoms with Crippen LogP contribution in [0.25, 0.3) is 33.4 Å². The zero-order valence-corrected chi connectivity index (χ0v) is 14.7. The average Bonchev–Trinajstić information content (AvgIpc) is 3.05. The first-order valence-corrected chi connectivity index (χ1v) is 8.37. The van der Waals surface area contributed by atoms with E-state index in [1.807, 2.05) is 32.3 Å². The highest BCUT2D eigenvalue weighted by Crippen LogP contribution is 2.25. The van der Waals surface area contributed by atoms with Crippen molar-refractivity contribution < 1.29 is 0 Å². The number of fused-ring (bicyclic) bond motifs is 1. The topological polar surface area (TPSA) is 77.7 Å². The Bertz CT molecular complexity index is 1110. The molecule has 4 rings (SSSR count). The molecule has 0 saturated heterocycles. The molecule has 130 valence electrons. The first-order chi connectivity index (χ1) is 12.6. The Balaban J connectivity index is 1.78. The second-order valence-corrected chi connectivity index (χ2v) is 6.57. The summed E-state index contributed by atoms with van der Waals surface area (Å²) in [6.45, 7) is 0.867. The van der Waals surface area contributed by atoms with E-state index < -0.39 is 0 Å². The van der Waals surface area contributed by atoms with Gasteiger partial charge in [-0.15, -0.1) is 0 Å². The highest BCUT2D eigenvalue weighted by Gasteiger charge is 2.11. The third-order valence-electron chi connectivity index (χ3n) is 4.26. The normalized spacial score (nSPS) is 11.3. The van der Waals surface area contributed by atoms with E-state index in [1.54, 1.807) is 18.5 Å². The molecule has 6 nitrogen and oxygen atoms in total. The van der Waals surface area contributed by atoms with Crippen LogP contribution in [0.1, 0.15) is 5.56 Å². The molecule has 0 amide bonds. The predicted molar refractivity (Wildman–Crippen MR) is 103 cm³/mol. The van der Waals surface area contributed by atoms with Crippen LogP contribution in [0, 0.1) is 0 Å². The number of nitrogens with one attached hydrogen (secondary N) is 2. The van der Waals surface area contributed by atoms with Gasteiger partial charge in [0.2, 0.25) is 0 Å². The molecule has 0 spiro atoms. The maximum atomic E-state index is 12.3. The minimum atomic E-state index is -0.220. The van der Waals surface area contributed by atoms with Crippen molar-refractivity contribution in [2.75, 3.05) is 14.1 Å². The number of H-pyrrole nitrogens is 2. The van der Waals surface area contributed by atoms with Crippen molar-refractivity contribution in [1.82, 2.24) is 25.1 Å². The molecule has 0 saturated carbocycles. The van der Waals surface area contributed by atoms with Gasteiger partial charge in [-0.2, -0.15) is 5.10 Å². The number of pyridine rings is 1. The third-order valence-corrected chi connectivity index (χ3v) is 4.26. The highest BCUT2D eigenvalue weighted by molar-refractivity contribution is 5.86. The third kappa shape index (κ3) is 3.14. The van der Waals surface area contributed by atoms with Crippen LogP contribution in [-0.4, -0.2) is 39.2 Å². The van der Waals surface area contributed by atoms with Gasteiger partial charge in [-0.25, -0.2) is 5.10 Å². The lowest BCUT2D eigenvalue weighted by Crippen LogP contribution is -2.11. The molecule has 0 radical (unpaired) electrons. The van der Waals surface area contributed by atoms with Crippen LogP contribution < -0.4 is 5.56 Å². The lowest BCUT2D eigenvalue weighted by molar-refractivity contribution is 0.403. The van der Waals surface area contributed by atoms with Crippen LogP contribution in [-0.2, 0) is 6.54 Å². The monoisotopic (exact) mass is 345 g/mol. The fraction of sp³-hybridized carbons (Fsp3) is 0.150. The molecular formula is C20H19N5O. The van der Waals surface area contributed by atoms with Crippen molar-refractivity contribution in [2.45, 2.75) is 6.54 Å². The minimum absolute atomic E-state index is 0.220. The van der Waals surface area contributed by atoms with Gasteiger partial charge in [-0.1, -0.05) is 12.1 Å². The molecule has 3 heterocycles. The van der Waals surface area contributed by atoms with Gasteiger partial charge in [0.25, 0.3) is 5.56 Å². The molecule has 0 aliphatic carbocycles. The molecule has 2 N–H and O–H groups in total. The molecule has 0 fully saturated rings. The van der Waals surface area contributed by atoms with Crippen LogP contribution in [0.3, 0.4) is 0 Å². The molecule has 0 bridgehead atoms. The fourth-order valence-corrected chi connectivity index (χ4v) is 3.06. The molecular weight excluding hydrogens is 326 g/mol. The zero-order valence-electron chi connectivity index (χ0n) is 14.7. The Morgan fingerprint density at radius 2 is 1.85 bits per heavy atom. The van der Waals surface area contributed by atoms with E-state index in [9.17, 15) is 4.79 Å². The average molecular weight is 345 g/mol. The molecule has 0 atom stereocenters. The second-order valence-electron chi connectivity index (χ2n) is 6.57. The van der Waals surface area contributed by atoms with Crippen LogP contribution in [0.2, 0.25) is 0 Å². The van der Waals surface area contributed by atoms with E-state index >= 15 is 0 Å². The number of hydrogen-bond donors (Lipinski definition) is 2. The SMILES string of the molecule is CN(C)Cc1ccc2cc(-c3cc(-c4ccncc4)n[nH]c3=O)[nH]c2c1. The number of benzene rings is 1. The van der Waals surface area contributed by atoms with Crippen LogP contribution in [0.15, 0.2) is 59.7 Å². The molecule has 0 aliphatic heterocycles. The summed E-state index contributed by atoms with van der Waals surface area (Å²) in [5.41, 5.74) is 4.97. The number of hydrogen-bond acceptors (Lipinski definition) is 4. The molecule has 3 aromatic heterocycles. The van der Waals surface area contributed by atoms with Crippen LogP contribution >= 0.6 is 0 Å². The maximum Gasteiger partial charge on any atom is 0.273 e. The summed E-state index contributed by atoms with van der Waals surface area (Å²) in [5, 5.41) is 7.82. The lowest BCUT2D eigenvalue weighted by atomic mass is 10.1. The number of aromatic amines is 2. The largest absolute Gasteiger partial charge is 0.354 e. The van der Waals surface area contributed by atoms with E-state index in [0.717, 1.165) is 28.7 Å². The molecule has 0 aliphatic rings. The molecule has 4 aromatic rings. The van der Waals surface area contributed by atoms with Crippen molar-refractivity contribution in [3.8, 4) is 22.5 Å². The van der Waals surface area contributed by atoms with E-state index in [-0.39, 0.29) is 5.56 Å². The van der Waals surface area contributed by atoms with Gasteiger partial charge in [0.05, 0.1) is 17.0 Å². The second kappa shape index (κ2) is 6.57. The van der Waals surface area contributed by atoms with Crippen molar-refractivity contribution in [2.24, 2.45) is 0 Å². The zero-order chi connectivity index (χ0) is 18.1. The van der Waals surface area contributed by atoms with Gasteiger partial charge in [0, 0.05) is 35.4 Å². The van der Waals surface area contributed by atoms with E-state index in [2.05, 4.69) is 43.3 Å². The maximum absolute atomic E-state index is 12.3. The molecule has 6 heteroatoms. The quantitative estimate of drug-likeness (QED) is 0.596. The van der Waals surface area contributed by atoms with E-state index in [0.29, 0.717) is 11.3 Å². The first kappa shape index (κ1) is 16.2. The number of aromatic nitrogens is 4. The summed E-state index contributed by atoms with van der Waals surface area (Å²) in [4.78, 5) is 21.8. The summed E-state index contributed by atoms with van der Waals surface area (Å²) in [7, 11) is 4.09. The lowest BCUT2D eigenvalue weighted by Gasteiger charge is -2.09. The van der Waals surface area contributed by atoms with Gasteiger partial charge >= 0.3 is 0 Å². The Labute approximate surface area is 150 Å². The van der Waals surface area contributed by atoms with Gasteiger partial charge < -0.3 is 9.88 Å². The summed E-state index contributed by atoms with van der Waals surface area (Å²) in [6.07, 6.45) is 3.41. The number of nitrogens with zero attached hydrogens (tertiary/aromatic N) is 3. The number of rotatable bonds is 4. The molecule has 1 aromatic carbocycles. The van der Waals surface area contributed by atoms with E-state index in [1.165, 1.54) is 5.56 Å². The van der Waals surface area contributed by atoms with Crippen molar-refractivity contribution >= 4 is 10.9 Å². The minimum Gasteiger partial charge on any atom is -0.354 e. The Kier molecular flexibility index (Phi) is 4.10. The summed E-state index contributed by atoms with van der Waals surface area (Å²) < 4.78 is 0.